The van der Waals surface area contributed by atoms with Crippen molar-refractivity contribution in [3.8, 4) is 5.75 Å². The smallest absolute Gasteiger partial charge is 0.416 e. The van der Waals surface area contributed by atoms with Gasteiger partial charge in [-0.15, -0.1) is 0 Å². The fraction of sp³-hybridized carbons (Fsp3) is 0.467. The lowest BCUT2D eigenvalue weighted by molar-refractivity contribution is -0.140. The number of alkyl halides is 3. The first kappa shape index (κ1) is 18.0. The second kappa shape index (κ2) is 7.82. The van der Waals surface area contributed by atoms with E-state index in [1.165, 1.54) is 7.11 Å². The summed E-state index contributed by atoms with van der Waals surface area (Å²) in [5.74, 6) is -1.11. The lowest BCUT2D eigenvalue weighted by atomic mass is 10.0. The van der Waals surface area contributed by atoms with Crippen LogP contribution in [0.1, 0.15) is 42.1 Å². The monoisotopic (exact) mass is 318 g/mol. The van der Waals surface area contributed by atoms with Gasteiger partial charge in [-0.3, -0.25) is 9.59 Å². The highest BCUT2D eigenvalue weighted by Crippen LogP contribution is 2.33. The van der Waals surface area contributed by atoms with Crippen LogP contribution in [0.3, 0.4) is 0 Å². The molecule has 22 heavy (non-hydrogen) atoms. The van der Waals surface area contributed by atoms with E-state index in [0.717, 1.165) is 18.2 Å². The van der Waals surface area contributed by atoms with E-state index in [9.17, 15) is 22.8 Å². The number of ether oxygens (including phenoxy) is 2. The first-order chi connectivity index (χ1) is 10.3. The van der Waals surface area contributed by atoms with Gasteiger partial charge in [0.15, 0.2) is 5.78 Å². The number of carbonyl (C=O) groups excluding carboxylic acids is 2. The summed E-state index contributed by atoms with van der Waals surface area (Å²) in [7, 11) is 1.17. The SMILES string of the molecule is CCCOc1ccc(C(F)(F)F)cc1C(=O)CCC(=O)OC. The van der Waals surface area contributed by atoms with Crippen molar-refractivity contribution in [3.63, 3.8) is 0 Å². The number of hydrogen-bond acceptors (Lipinski definition) is 4. The van der Waals surface area contributed by atoms with Gasteiger partial charge in [0, 0.05) is 6.42 Å². The number of rotatable bonds is 7. The van der Waals surface area contributed by atoms with Crippen LogP contribution >= 0.6 is 0 Å². The Hall–Kier alpha value is -2.05. The molecule has 7 heteroatoms. The summed E-state index contributed by atoms with van der Waals surface area (Å²) in [5.41, 5.74) is -1.11. The maximum absolute atomic E-state index is 12.8. The van der Waals surface area contributed by atoms with Crippen molar-refractivity contribution in [2.24, 2.45) is 0 Å². The molecule has 0 N–H and O–H groups in total. The van der Waals surface area contributed by atoms with Gasteiger partial charge in [0.05, 0.1) is 31.3 Å². The minimum absolute atomic E-state index is 0.0877. The highest BCUT2D eigenvalue weighted by molar-refractivity contribution is 6.00. The number of esters is 1. The van der Waals surface area contributed by atoms with Crippen molar-refractivity contribution in [2.75, 3.05) is 13.7 Å². The van der Waals surface area contributed by atoms with Crippen LogP contribution in [0.15, 0.2) is 18.2 Å². The molecule has 0 atom stereocenters. The third-order valence-electron chi connectivity index (χ3n) is 2.85. The summed E-state index contributed by atoms with van der Waals surface area (Å²) in [4.78, 5) is 23.1. The Kier molecular flexibility index (Phi) is 6.39. The van der Waals surface area contributed by atoms with Gasteiger partial charge in [0.2, 0.25) is 0 Å². The molecule has 0 bridgehead atoms. The van der Waals surface area contributed by atoms with Crippen LogP contribution < -0.4 is 4.74 Å². The van der Waals surface area contributed by atoms with Crippen molar-refractivity contribution in [2.45, 2.75) is 32.4 Å². The van der Waals surface area contributed by atoms with Gasteiger partial charge >= 0.3 is 12.1 Å². The van der Waals surface area contributed by atoms with Crippen LogP contribution in [0, 0.1) is 0 Å². The zero-order valence-corrected chi connectivity index (χ0v) is 12.3. The number of halogens is 3. The zero-order chi connectivity index (χ0) is 16.8. The predicted octanol–water partition coefficient (Wildman–Crippen LogP) is 3.63. The molecule has 0 fully saturated rings. The Balaban J connectivity index is 3.04. The highest BCUT2D eigenvalue weighted by atomic mass is 19.4. The van der Waals surface area contributed by atoms with Crippen molar-refractivity contribution < 1.29 is 32.2 Å². The van der Waals surface area contributed by atoms with Crippen molar-refractivity contribution in [1.29, 1.82) is 0 Å². The Morgan fingerprint density at radius 1 is 1.18 bits per heavy atom. The molecule has 122 valence electrons. The number of hydrogen-bond donors (Lipinski definition) is 0. The summed E-state index contributed by atoms with van der Waals surface area (Å²) in [6, 6.07) is 2.75. The topological polar surface area (TPSA) is 52.6 Å². The van der Waals surface area contributed by atoms with Crippen molar-refractivity contribution >= 4 is 11.8 Å². The lowest BCUT2D eigenvalue weighted by Crippen LogP contribution is -2.11. The first-order valence-electron chi connectivity index (χ1n) is 6.73. The average Bonchev–Trinajstić information content (AvgIpc) is 2.48. The molecule has 0 radical (unpaired) electrons. The molecule has 0 unspecified atom stereocenters. The van der Waals surface area contributed by atoms with E-state index < -0.39 is 23.5 Å². The Labute approximate surface area is 126 Å². The molecule has 0 saturated heterocycles. The lowest BCUT2D eigenvalue weighted by Gasteiger charge is -2.13. The van der Waals surface area contributed by atoms with E-state index >= 15 is 0 Å². The molecule has 0 aromatic heterocycles. The molecule has 0 aliphatic carbocycles. The molecule has 0 aliphatic heterocycles. The maximum Gasteiger partial charge on any atom is 0.416 e. The summed E-state index contributed by atoms with van der Waals surface area (Å²) in [6.45, 7) is 2.12. The van der Waals surface area contributed by atoms with E-state index in [1.807, 2.05) is 6.92 Å². The van der Waals surface area contributed by atoms with E-state index in [1.54, 1.807) is 0 Å². The number of methoxy groups -OCH3 is 1. The van der Waals surface area contributed by atoms with Crippen molar-refractivity contribution in [1.82, 2.24) is 0 Å². The quantitative estimate of drug-likeness (QED) is 0.569. The van der Waals surface area contributed by atoms with Gasteiger partial charge in [-0.1, -0.05) is 6.92 Å². The third kappa shape index (κ3) is 5.05. The zero-order valence-electron chi connectivity index (χ0n) is 12.3. The average molecular weight is 318 g/mol. The minimum atomic E-state index is -4.55. The molecule has 1 aromatic carbocycles. The molecule has 4 nitrogen and oxygen atoms in total. The van der Waals surface area contributed by atoms with Gasteiger partial charge in [-0.25, -0.2) is 0 Å². The maximum atomic E-state index is 12.8. The Morgan fingerprint density at radius 3 is 2.41 bits per heavy atom. The Bertz CT molecular complexity index is 538. The molecule has 0 aliphatic rings. The Morgan fingerprint density at radius 2 is 1.86 bits per heavy atom. The molecule has 1 rings (SSSR count). The predicted molar refractivity (Wildman–Crippen MR) is 72.8 cm³/mol. The number of benzene rings is 1. The summed E-state index contributed by atoms with van der Waals surface area (Å²) < 4.78 is 48.0. The fourth-order valence-electron chi connectivity index (χ4n) is 1.71. The highest BCUT2D eigenvalue weighted by Gasteiger charge is 2.32. The first-order valence-corrected chi connectivity index (χ1v) is 6.73. The van der Waals surface area contributed by atoms with Gasteiger partial charge in [0.25, 0.3) is 0 Å². The van der Waals surface area contributed by atoms with Gasteiger partial charge in [-0.2, -0.15) is 13.2 Å². The summed E-state index contributed by atoms with van der Waals surface area (Å²) in [6.07, 6.45) is -4.34. The summed E-state index contributed by atoms with van der Waals surface area (Å²) >= 11 is 0. The van der Waals surface area contributed by atoms with E-state index in [2.05, 4.69) is 4.74 Å². The molecular formula is C15H17F3O4. The van der Waals surface area contributed by atoms with Crippen LogP contribution in [0.25, 0.3) is 0 Å². The molecule has 0 spiro atoms. The minimum Gasteiger partial charge on any atom is -0.493 e. The molecular weight excluding hydrogens is 301 g/mol. The van der Waals surface area contributed by atoms with E-state index in [4.69, 9.17) is 4.74 Å². The normalized spacial score (nSPS) is 11.1. The number of carbonyl (C=O) groups is 2. The second-order valence-corrected chi connectivity index (χ2v) is 4.56. The number of ketones is 1. The molecule has 1 aromatic rings. The second-order valence-electron chi connectivity index (χ2n) is 4.56. The van der Waals surface area contributed by atoms with Crippen molar-refractivity contribution in [3.05, 3.63) is 29.3 Å². The standard InChI is InChI=1S/C15H17F3O4/c1-3-8-22-13-6-4-10(15(16,17)18)9-11(13)12(19)5-7-14(20)21-2/h4,6,9H,3,5,7-8H2,1-2H3. The fourth-order valence-corrected chi connectivity index (χ4v) is 1.71. The number of Topliss-reactive ketones (excluding diaryl/α,β-unsaturated/α-hetero) is 1. The molecule has 0 heterocycles. The van der Waals surface area contributed by atoms with Gasteiger partial charge < -0.3 is 9.47 Å². The van der Waals surface area contributed by atoms with E-state index in [-0.39, 0.29) is 30.8 Å². The van der Waals surface area contributed by atoms with Crippen LogP contribution in [-0.2, 0) is 15.7 Å². The van der Waals surface area contributed by atoms with Crippen LogP contribution in [-0.4, -0.2) is 25.5 Å². The largest absolute Gasteiger partial charge is 0.493 e. The molecule has 0 amide bonds. The third-order valence-corrected chi connectivity index (χ3v) is 2.85. The van der Waals surface area contributed by atoms with Crippen LogP contribution in [0.4, 0.5) is 13.2 Å². The van der Waals surface area contributed by atoms with Crippen LogP contribution in [0.5, 0.6) is 5.75 Å². The summed E-state index contributed by atoms with van der Waals surface area (Å²) in [5, 5.41) is 0. The van der Waals surface area contributed by atoms with Gasteiger partial charge in [0.1, 0.15) is 5.75 Å². The molecule has 0 saturated carbocycles. The van der Waals surface area contributed by atoms with Gasteiger partial charge in [-0.05, 0) is 24.6 Å². The van der Waals surface area contributed by atoms with Crippen LogP contribution in [0.2, 0.25) is 0 Å². The van der Waals surface area contributed by atoms with E-state index in [0.29, 0.717) is 6.42 Å².